The Hall–Kier alpha value is -1.85. The average molecular weight is 370 g/mol. The van der Waals surface area contributed by atoms with Crippen molar-refractivity contribution in [2.24, 2.45) is 5.92 Å². The fourth-order valence-electron chi connectivity index (χ4n) is 3.22. The Balaban J connectivity index is 1.45. The minimum atomic E-state index is 0.00452. The van der Waals surface area contributed by atoms with Gasteiger partial charge in [0.1, 0.15) is 5.03 Å². The molecule has 5 heteroatoms. The molecule has 1 unspecified atom stereocenters. The standard InChI is InChI=1S/C21H27N3OS/c1-17(16-24-13-5-2-6-14-24)15-23-21(25)18-8-10-19(11-9-18)26-20-7-3-4-12-22-20/h3-4,7-12,17H,2,5-6,13-16H2,1H3,(H,23,25). The van der Waals surface area contributed by atoms with Crippen molar-refractivity contribution in [3.8, 4) is 0 Å². The van der Waals surface area contributed by atoms with E-state index in [1.165, 1.54) is 32.4 Å². The number of hydrogen-bond acceptors (Lipinski definition) is 4. The van der Waals surface area contributed by atoms with Crippen molar-refractivity contribution in [3.05, 3.63) is 54.2 Å². The van der Waals surface area contributed by atoms with Crippen molar-refractivity contribution >= 4 is 17.7 Å². The molecule has 0 radical (unpaired) electrons. The van der Waals surface area contributed by atoms with Crippen molar-refractivity contribution in [2.75, 3.05) is 26.2 Å². The Kier molecular flexibility index (Phi) is 7.09. The number of pyridine rings is 1. The number of likely N-dealkylation sites (tertiary alicyclic amines) is 1. The number of nitrogens with zero attached hydrogens (tertiary/aromatic N) is 2. The summed E-state index contributed by atoms with van der Waals surface area (Å²) < 4.78 is 0. The van der Waals surface area contributed by atoms with Crippen LogP contribution in [0, 0.1) is 5.92 Å². The van der Waals surface area contributed by atoms with Crippen LogP contribution in [0.3, 0.4) is 0 Å². The highest BCUT2D eigenvalue weighted by Gasteiger charge is 2.14. The van der Waals surface area contributed by atoms with Crippen LogP contribution in [0.15, 0.2) is 58.6 Å². The molecule has 1 fully saturated rings. The Morgan fingerprint density at radius 3 is 2.62 bits per heavy atom. The third-order valence-corrected chi connectivity index (χ3v) is 5.56. The number of aromatic nitrogens is 1. The summed E-state index contributed by atoms with van der Waals surface area (Å²) in [7, 11) is 0. The fourth-order valence-corrected chi connectivity index (χ4v) is 3.99. The summed E-state index contributed by atoms with van der Waals surface area (Å²) in [6.07, 6.45) is 5.76. The molecule has 3 rings (SSSR count). The van der Waals surface area contributed by atoms with Crippen LogP contribution in [0.25, 0.3) is 0 Å². The van der Waals surface area contributed by atoms with Crippen LogP contribution < -0.4 is 5.32 Å². The lowest BCUT2D eigenvalue weighted by molar-refractivity contribution is 0.0942. The van der Waals surface area contributed by atoms with Gasteiger partial charge in [0.05, 0.1) is 0 Å². The number of carbonyl (C=O) groups is 1. The normalized spacial score (nSPS) is 16.2. The van der Waals surface area contributed by atoms with Crippen molar-refractivity contribution < 1.29 is 4.79 Å². The lowest BCUT2D eigenvalue weighted by atomic mass is 10.1. The van der Waals surface area contributed by atoms with Crippen LogP contribution in [0.4, 0.5) is 0 Å². The summed E-state index contributed by atoms with van der Waals surface area (Å²) in [4.78, 5) is 20.3. The van der Waals surface area contributed by atoms with Gasteiger partial charge in [-0.05, 0) is 68.2 Å². The quantitative estimate of drug-likeness (QED) is 0.799. The lowest BCUT2D eigenvalue weighted by Crippen LogP contribution is -2.38. The Bertz CT molecular complexity index is 684. The molecular weight excluding hydrogens is 342 g/mol. The van der Waals surface area contributed by atoms with E-state index in [0.29, 0.717) is 11.5 Å². The Morgan fingerprint density at radius 1 is 1.15 bits per heavy atom. The highest BCUT2D eigenvalue weighted by molar-refractivity contribution is 7.99. The molecule has 138 valence electrons. The van der Waals surface area contributed by atoms with Crippen LogP contribution in [0.2, 0.25) is 0 Å². The zero-order valence-corrected chi connectivity index (χ0v) is 16.2. The second-order valence-electron chi connectivity index (χ2n) is 6.97. The maximum Gasteiger partial charge on any atom is 0.251 e. The largest absolute Gasteiger partial charge is 0.352 e. The predicted molar refractivity (Wildman–Crippen MR) is 107 cm³/mol. The number of amides is 1. The summed E-state index contributed by atoms with van der Waals surface area (Å²) in [6, 6.07) is 13.6. The molecule has 1 aliphatic heterocycles. The maximum atomic E-state index is 12.4. The molecule has 1 aliphatic rings. The van der Waals surface area contributed by atoms with Gasteiger partial charge in [-0.2, -0.15) is 0 Å². The van der Waals surface area contributed by atoms with Gasteiger partial charge in [-0.3, -0.25) is 4.79 Å². The van der Waals surface area contributed by atoms with Gasteiger partial charge in [-0.1, -0.05) is 31.2 Å². The fraction of sp³-hybridized carbons (Fsp3) is 0.429. The molecule has 1 aromatic carbocycles. The number of nitrogens with one attached hydrogen (secondary N) is 1. The van der Waals surface area contributed by atoms with Crippen LogP contribution in [0.5, 0.6) is 0 Å². The van der Waals surface area contributed by atoms with E-state index in [1.807, 2.05) is 42.5 Å². The van der Waals surface area contributed by atoms with Crippen LogP contribution in [-0.4, -0.2) is 42.0 Å². The van der Waals surface area contributed by atoms with Crippen molar-refractivity contribution in [1.29, 1.82) is 0 Å². The number of hydrogen-bond donors (Lipinski definition) is 1. The molecular formula is C21H27N3OS. The molecule has 1 saturated heterocycles. The molecule has 4 nitrogen and oxygen atoms in total. The van der Waals surface area contributed by atoms with E-state index in [0.717, 1.165) is 23.0 Å². The Morgan fingerprint density at radius 2 is 1.92 bits per heavy atom. The van der Waals surface area contributed by atoms with Gasteiger partial charge in [0.2, 0.25) is 0 Å². The van der Waals surface area contributed by atoms with Gasteiger partial charge < -0.3 is 10.2 Å². The number of rotatable bonds is 7. The smallest absolute Gasteiger partial charge is 0.251 e. The first-order chi connectivity index (χ1) is 12.7. The molecule has 26 heavy (non-hydrogen) atoms. The molecule has 0 bridgehead atoms. The van der Waals surface area contributed by atoms with Gasteiger partial charge in [-0.25, -0.2) is 4.98 Å². The van der Waals surface area contributed by atoms with Gasteiger partial charge in [0.15, 0.2) is 0 Å². The number of piperidine rings is 1. The summed E-state index contributed by atoms with van der Waals surface area (Å²) >= 11 is 1.60. The SMILES string of the molecule is CC(CNC(=O)c1ccc(Sc2ccccn2)cc1)CN1CCCCC1. The van der Waals surface area contributed by atoms with Gasteiger partial charge in [-0.15, -0.1) is 0 Å². The minimum Gasteiger partial charge on any atom is -0.352 e. The average Bonchev–Trinajstić information content (AvgIpc) is 2.68. The van der Waals surface area contributed by atoms with Crippen LogP contribution in [-0.2, 0) is 0 Å². The number of carbonyl (C=O) groups excluding carboxylic acids is 1. The molecule has 0 aliphatic carbocycles. The van der Waals surface area contributed by atoms with E-state index in [-0.39, 0.29) is 5.91 Å². The zero-order chi connectivity index (χ0) is 18.2. The first-order valence-electron chi connectivity index (χ1n) is 9.40. The van der Waals surface area contributed by atoms with Crippen molar-refractivity contribution in [3.63, 3.8) is 0 Å². The summed E-state index contributed by atoms with van der Waals surface area (Å²) in [5.41, 5.74) is 0.709. The van der Waals surface area contributed by atoms with Gasteiger partial charge in [0, 0.05) is 29.7 Å². The molecule has 1 atom stereocenters. The first kappa shape index (κ1) is 18.9. The molecule has 0 saturated carbocycles. The van der Waals surface area contributed by atoms with E-state index in [1.54, 1.807) is 18.0 Å². The number of benzene rings is 1. The monoisotopic (exact) mass is 369 g/mol. The summed E-state index contributed by atoms with van der Waals surface area (Å²) in [6.45, 7) is 6.41. The topological polar surface area (TPSA) is 45.2 Å². The van der Waals surface area contributed by atoms with Crippen LogP contribution in [0.1, 0.15) is 36.5 Å². The highest BCUT2D eigenvalue weighted by atomic mass is 32.2. The zero-order valence-electron chi connectivity index (χ0n) is 15.4. The first-order valence-corrected chi connectivity index (χ1v) is 10.2. The molecule has 1 amide bonds. The maximum absolute atomic E-state index is 12.4. The van der Waals surface area contributed by atoms with E-state index >= 15 is 0 Å². The highest BCUT2D eigenvalue weighted by Crippen LogP contribution is 2.25. The lowest BCUT2D eigenvalue weighted by Gasteiger charge is -2.29. The molecule has 0 spiro atoms. The van der Waals surface area contributed by atoms with Crippen molar-refractivity contribution in [1.82, 2.24) is 15.2 Å². The molecule has 1 N–H and O–H groups in total. The van der Waals surface area contributed by atoms with E-state index < -0.39 is 0 Å². The predicted octanol–water partition coefficient (Wildman–Crippen LogP) is 4.08. The summed E-state index contributed by atoms with van der Waals surface area (Å²) in [5, 5.41) is 4.03. The van der Waals surface area contributed by atoms with E-state index in [4.69, 9.17) is 0 Å². The second-order valence-corrected chi connectivity index (χ2v) is 8.06. The minimum absolute atomic E-state index is 0.00452. The van der Waals surface area contributed by atoms with Crippen molar-refractivity contribution in [2.45, 2.75) is 36.1 Å². The third kappa shape index (κ3) is 5.85. The Labute approximate surface area is 160 Å². The molecule has 1 aromatic heterocycles. The second kappa shape index (κ2) is 9.74. The molecule has 2 heterocycles. The van der Waals surface area contributed by atoms with E-state index in [2.05, 4.69) is 22.1 Å². The molecule has 2 aromatic rings. The van der Waals surface area contributed by atoms with Gasteiger partial charge in [0.25, 0.3) is 5.91 Å². The third-order valence-electron chi connectivity index (χ3n) is 4.61. The van der Waals surface area contributed by atoms with E-state index in [9.17, 15) is 4.79 Å². The summed E-state index contributed by atoms with van der Waals surface area (Å²) in [5.74, 6) is 0.473. The van der Waals surface area contributed by atoms with Crippen LogP contribution >= 0.6 is 11.8 Å². The van der Waals surface area contributed by atoms with Gasteiger partial charge >= 0.3 is 0 Å².